The van der Waals surface area contributed by atoms with E-state index in [-0.39, 0.29) is 12.0 Å². The highest BCUT2D eigenvalue weighted by molar-refractivity contribution is 5.93. The summed E-state index contributed by atoms with van der Waals surface area (Å²) in [5.74, 6) is -0.370. The highest BCUT2D eigenvalue weighted by Gasteiger charge is 2.20. The molecule has 0 aromatic heterocycles. The van der Waals surface area contributed by atoms with E-state index in [2.05, 4.69) is 15.5 Å². The summed E-state index contributed by atoms with van der Waals surface area (Å²) in [5, 5.41) is 5.41. The van der Waals surface area contributed by atoms with Crippen molar-refractivity contribution in [1.29, 1.82) is 0 Å². The second-order valence-corrected chi connectivity index (χ2v) is 6.39. The number of rotatable bonds is 5. The Bertz CT molecular complexity index is 641. The normalized spacial score (nSPS) is 16.0. The highest BCUT2D eigenvalue weighted by atomic mass is 19.1. The summed E-state index contributed by atoms with van der Waals surface area (Å²) in [7, 11) is 1.57. The molecule has 0 bridgehead atoms. The third-order valence-corrected chi connectivity index (χ3v) is 4.44. The van der Waals surface area contributed by atoms with Crippen LogP contribution in [0.2, 0.25) is 0 Å². The lowest BCUT2D eigenvalue weighted by Crippen LogP contribution is -2.36. The van der Waals surface area contributed by atoms with Gasteiger partial charge in [-0.2, -0.15) is 0 Å². The van der Waals surface area contributed by atoms with Crippen LogP contribution in [-0.4, -0.2) is 62.8 Å². The van der Waals surface area contributed by atoms with E-state index in [9.17, 15) is 14.0 Å². The number of halogens is 1. The Morgan fingerprint density at radius 3 is 2.73 bits per heavy atom. The standard InChI is InChI=1S/C18H27FN4O3/c1-13(26-3)12-20-18(25)21-16-11-15(19)5-6-17(16)23-8-4-7-22(9-10-23)14(2)24/h5-6,11,13H,4,7-10,12H2,1-3H3,(H2,20,21,25). The molecule has 1 aliphatic rings. The van der Waals surface area contributed by atoms with Crippen LogP contribution in [0.5, 0.6) is 0 Å². The second-order valence-electron chi connectivity index (χ2n) is 6.39. The van der Waals surface area contributed by atoms with E-state index in [4.69, 9.17) is 4.74 Å². The van der Waals surface area contributed by atoms with Gasteiger partial charge in [0.25, 0.3) is 0 Å². The molecule has 0 saturated carbocycles. The summed E-state index contributed by atoms with van der Waals surface area (Å²) in [6, 6.07) is 3.92. The summed E-state index contributed by atoms with van der Waals surface area (Å²) in [4.78, 5) is 27.6. The van der Waals surface area contributed by atoms with Gasteiger partial charge in [-0.05, 0) is 31.5 Å². The quantitative estimate of drug-likeness (QED) is 0.836. The maximum Gasteiger partial charge on any atom is 0.319 e. The van der Waals surface area contributed by atoms with Crippen molar-refractivity contribution in [2.45, 2.75) is 26.4 Å². The van der Waals surface area contributed by atoms with Crippen LogP contribution in [0.25, 0.3) is 0 Å². The van der Waals surface area contributed by atoms with Crippen molar-refractivity contribution in [3.8, 4) is 0 Å². The molecule has 1 aliphatic heterocycles. The van der Waals surface area contributed by atoms with E-state index in [0.29, 0.717) is 31.9 Å². The monoisotopic (exact) mass is 366 g/mol. The van der Waals surface area contributed by atoms with Gasteiger partial charge in [0.05, 0.1) is 17.5 Å². The summed E-state index contributed by atoms with van der Waals surface area (Å²) in [6.07, 6.45) is 0.699. The summed E-state index contributed by atoms with van der Waals surface area (Å²) in [5.41, 5.74) is 1.15. The van der Waals surface area contributed by atoms with E-state index in [0.717, 1.165) is 18.7 Å². The van der Waals surface area contributed by atoms with Crippen molar-refractivity contribution < 1.29 is 18.7 Å². The van der Waals surface area contributed by atoms with Crippen molar-refractivity contribution in [2.75, 3.05) is 50.1 Å². The third kappa shape index (κ3) is 5.59. The SMILES string of the molecule is COC(C)CNC(=O)Nc1cc(F)ccc1N1CCCN(C(C)=O)CC1. The van der Waals surface area contributed by atoms with Crippen LogP contribution in [0.4, 0.5) is 20.6 Å². The summed E-state index contributed by atoms with van der Waals surface area (Å²) < 4.78 is 18.8. The molecular weight excluding hydrogens is 339 g/mol. The maximum absolute atomic E-state index is 13.7. The van der Waals surface area contributed by atoms with Crippen LogP contribution >= 0.6 is 0 Å². The average Bonchev–Trinajstić information content (AvgIpc) is 2.86. The van der Waals surface area contributed by atoms with Gasteiger partial charge in [0.2, 0.25) is 5.91 Å². The summed E-state index contributed by atoms with van der Waals surface area (Å²) >= 11 is 0. The predicted molar refractivity (Wildman–Crippen MR) is 99.0 cm³/mol. The molecule has 3 amide bonds. The largest absolute Gasteiger partial charge is 0.380 e. The number of urea groups is 1. The Morgan fingerprint density at radius 1 is 1.27 bits per heavy atom. The molecule has 1 unspecified atom stereocenters. The van der Waals surface area contributed by atoms with Gasteiger partial charge in [-0.3, -0.25) is 4.79 Å². The number of hydrogen-bond donors (Lipinski definition) is 2. The van der Waals surface area contributed by atoms with Crippen LogP contribution in [0.3, 0.4) is 0 Å². The van der Waals surface area contributed by atoms with Gasteiger partial charge in [0.1, 0.15) is 5.82 Å². The first-order chi connectivity index (χ1) is 12.4. The minimum atomic E-state index is -0.422. The molecule has 0 aliphatic carbocycles. The first-order valence-corrected chi connectivity index (χ1v) is 8.78. The number of amides is 3. The molecule has 1 aromatic rings. The number of nitrogens with zero attached hydrogens (tertiary/aromatic N) is 2. The lowest BCUT2D eigenvalue weighted by molar-refractivity contribution is -0.128. The van der Waals surface area contributed by atoms with E-state index in [1.54, 1.807) is 25.0 Å². The topological polar surface area (TPSA) is 73.9 Å². The minimum absolute atomic E-state index is 0.0518. The third-order valence-electron chi connectivity index (χ3n) is 4.44. The Kier molecular flexibility index (Phi) is 7.20. The fourth-order valence-corrected chi connectivity index (χ4v) is 2.84. The Hall–Kier alpha value is -2.35. The molecule has 7 nitrogen and oxygen atoms in total. The van der Waals surface area contributed by atoms with Gasteiger partial charge in [-0.1, -0.05) is 0 Å². The minimum Gasteiger partial charge on any atom is -0.380 e. The van der Waals surface area contributed by atoms with Crippen LogP contribution in [0.1, 0.15) is 20.3 Å². The Labute approximate surface area is 153 Å². The van der Waals surface area contributed by atoms with Crippen molar-refractivity contribution in [3.63, 3.8) is 0 Å². The second kappa shape index (κ2) is 9.38. The van der Waals surface area contributed by atoms with Crippen molar-refractivity contribution >= 4 is 23.3 Å². The molecule has 8 heteroatoms. The maximum atomic E-state index is 13.7. The molecule has 0 radical (unpaired) electrons. The lowest BCUT2D eigenvalue weighted by atomic mass is 10.2. The smallest absolute Gasteiger partial charge is 0.319 e. The molecule has 1 aromatic carbocycles. The molecular formula is C18H27FN4O3. The zero-order valence-corrected chi connectivity index (χ0v) is 15.5. The van der Waals surface area contributed by atoms with E-state index in [1.807, 2.05) is 6.92 Å². The lowest BCUT2D eigenvalue weighted by Gasteiger charge is -2.26. The molecule has 2 N–H and O–H groups in total. The van der Waals surface area contributed by atoms with E-state index >= 15 is 0 Å². The number of carbonyl (C=O) groups is 2. The van der Waals surface area contributed by atoms with Gasteiger partial charge >= 0.3 is 6.03 Å². The molecule has 1 saturated heterocycles. The Morgan fingerprint density at radius 2 is 2.04 bits per heavy atom. The van der Waals surface area contributed by atoms with Crippen LogP contribution < -0.4 is 15.5 Å². The highest BCUT2D eigenvalue weighted by Crippen LogP contribution is 2.28. The van der Waals surface area contributed by atoms with E-state index in [1.165, 1.54) is 12.1 Å². The van der Waals surface area contributed by atoms with Crippen molar-refractivity contribution in [1.82, 2.24) is 10.2 Å². The molecule has 1 heterocycles. The summed E-state index contributed by atoms with van der Waals surface area (Å²) in [6.45, 7) is 6.41. The first-order valence-electron chi connectivity index (χ1n) is 8.78. The van der Waals surface area contributed by atoms with E-state index < -0.39 is 11.8 Å². The van der Waals surface area contributed by atoms with Gasteiger partial charge in [-0.25, -0.2) is 9.18 Å². The van der Waals surface area contributed by atoms with Gasteiger partial charge < -0.3 is 25.2 Å². The average molecular weight is 366 g/mol. The number of carbonyl (C=O) groups excluding carboxylic acids is 2. The number of anilines is 2. The molecule has 26 heavy (non-hydrogen) atoms. The first kappa shape index (κ1) is 20.0. The van der Waals surface area contributed by atoms with Crippen molar-refractivity contribution in [2.24, 2.45) is 0 Å². The van der Waals surface area contributed by atoms with Gasteiger partial charge in [0, 0.05) is 46.8 Å². The molecule has 2 rings (SSSR count). The predicted octanol–water partition coefficient (Wildman–Crippen LogP) is 2.04. The number of ether oxygens (including phenoxy) is 1. The number of benzene rings is 1. The number of nitrogens with one attached hydrogen (secondary N) is 2. The van der Waals surface area contributed by atoms with Crippen LogP contribution in [-0.2, 0) is 9.53 Å². The van der Waals surface area contributed by atoms with Crippen LogP contribution in [0, 0.1) is 5.82 Å². The molecule has 144 valence electrons. The van der Waals surface area contributed by atoms with Gasteiger partial charge in [0.15, 0.2) is 0 Å². The fourth-order valence-electron chi connectivity index (χ4n) is 2.84. The zero-order chi connectivity index (χ0) is 19.1. The van der Waals surface area contributed by atoms with Crippen LogP contribution in [0.15, 0.2) is 18.2 Å². The zero-order valence-electron chi connectivity index (χ0n) is 15.5. The Balaban J connectivity index is 2.09. The molecule has 1 fully saturated rings. The molecule has 1 atom stereocenters. The number of hydrogen-bond acceptors (Lipinski definition) is 4. The fraction of sp³-hybridized carbons (Fsp3) is 0.556. The molecule has 0 spiro atoms. The van der Waals surface area contributed by atoms with Gasteiger partial charge in [-0.15, -0.1) is 0 Å². The number of methoxy groups -OCH3 is 1. The van der Waals surface area contributed by atoms with Crippen molar-refractivity contribution in [3.05, 3.63) is 24.0 Å².